The van der Waals surface area contributed by atoms with Gasteiger partial charge in [-0.25, -0.2) is 8.78 Å². The first-order chi connectivity index (χ1) is 11.5. The molecule has 0 aliphatic rings. The molecule has 1 amide bonds. The summed E-state index contributed by atoms with van der Waals surface area (Å²) in [4.78, 5) is 19.2. The summed E-state index contributed by atoms with van der Waals surface area (Å²) in [5.74, 6) is -2.39. The maximum absolute atomic E-state index is 13.4. The molecule has 1 aromatic carbocycles. The van der Waals surface area contributed by atoms with Crippen LogP contribution >= 0.6 is 0 Å². The Morgan fingerprint density at radius 2 is 2.08 bits per heavy atom. The number of amides is 1. The molecule has 0 bridgehead atoms. The molecule has 7 heteroatoms. The maximum Gasteiger partial charge on any atom is 0.255 e. The third-order valence-corrected chi connectivity index (χ3v) is 3.74. The normalized spacial score (nSPS) is 12.3. The first-order valence-electron chi connectivity index (χ1n) is 7.41. The van der Waals surface area contributed by atoms with Gasteiger partial charge in [-0.15, -0.1) is 0 Å². The van der Waals surface area contributed by atoms with Crippen LogP contribution in [0.25, 0.3) is 10.9 Å². The first kappa shape index (κ1) is 16.1. The summed E-state index contributed by atoms with van der Waals surface area (Å²) in [5.41, 5.74) is 1.42. The van der Waals surface area contributed by atoms with Crippen LogP contribution in [0, 0.1) is 11.6 Å². The Hall–Kier alpha value is -2.80. The lowest BCUT2D eigenvalue weighted by Crippen LogP contribution is -2.13. The van der Waals surface area contributed by atoms with Gasteiger partial charge in [0.05, 0.1) is 23.0 Å². The Kier molecular flexibility index (Phi) is 4.26. The van der Waals surface area contributed by atoms with Gasteiger partial charge in [0.25, 0.3) is 5.91 Å². The minimum atomic E-state index is -0.991. The molecule has 2 heterocycles. The number of aliphatic hydroxyl groups excluding tert-OH is 1. The van der Waals surface area contributed by atoms with Crippen molar-refractivity contribution in [1.29, 1.82) is 0 Å². The van der Waals surface area contributed by atoms with Crippen LogP contribution in [0.4, 0.5) is 14.5 Å². The lowest BCUT2D eigenvalue weighted by molar-refractivity contribution is 0.102. The van der Waals surface area contributed by atoms with Crippen molar-refractivity contribution in [2.45, 2.75) is 19.4 Å². The molecule has 3 N–H and O–H groups in total. The fourth-order valence-electron chi connectivity index (χ4n) is 2.40. The molecule has 0 radical (unpaired) electrons. The predicted molar refractivity (Wildman–Crippen MR) is 85.7 cm³/mol. The number of aliphatic hydroxyl groups is 1. The van der Waals surface area contributed by atoms with Crippen molar-refractivity contribution >= 4 is 22.5 Å². The zero-order valence-corrected chi connectivity index (χ0v) is 12.8. The topological polar surface area (TPSA) is 78.0 Å². The molecule has 0 saturated carbocycles. The van der Waals surface area contributed by atoms with E-state index in [1.807, 2.05) is 0 Å². The molecule has 5 nitrogen and oxygen atoms in total. The zero-order valence-electron chi connectivity index (χ0n) is 12.8. The van der Waals surface area contributed by atoms with E-state index in [9.17, 15) is 18.7 Å². The number of hydrogen-bond donors (Lipinski definition) is 3. The Labute approximate surface area is 136 Å². The Morgan fingerprint density at radius 3 is 2.83 bits per heavy atom. The average molecular weight is 331 g/mol. The van der Waals surface area contributed by atoms with Gasteiger partial charge in [0, 0.05) is 29.4 Å². The number of H-pyrrole nitrogens is 1. The largest absolute Gasteiger partial charge is 0.387 e. The summed E-state index contributed by atoms with van der Waals surface area (Å²) in [5, 5.41) is 12.8. The summed E-state index contributed by atoms with van der Waals surface area (Å²) < 4.78 is 26.6. The van der Waals surface area contributed by atoms with Crippen LogP contribution in [0.3, 0.4) is 0 Å². The molecular formula is C17H15F2N3O2. The van der Waals surface area contributed by atoms with Crippen molar-refractivity contribution in [3.8, 4) is 0 Å². The summed E-state index contributed by atoms with van der Waals surface area (Å²) in [6, 6.07) is 5.06. The van der Waals surface area contributed by atoms with Gasteiger partial charge < -0.3 is 15.4 Å². The molecule has 124 valence electrons. The number of fused-ring (bicyclic) bond motifs is 1. The molecule has 0 fully saturated rings. The van der Waals surface area contributed by atoms with E-state index in [2.05, 4.69) is 15.3 Å². The van der Waals surface area contributed by atoms with Gasteiger partial charge in [0.15, 0.2) is 11.6 Å². The number of benzene rings is 1. The van der Waals surface area contributed by atoms with Crippen LogP contribution < -0.4 is 5.32 Å². The smallest absolute Gasteiger partial charge is 0.255 e. The van der Waals surface area contributed by atoms with E-state index in [1.54, 1.807) is 6.92 Å². The SMILES string of the molecule is CCC(O)c1cc(C(=O)Nc2c[nH]c3cc(F)c(F)cc23)ccn1. The monoisotopic (exact) mass is 331 g/mol. The quantitative estimate of drug-likeness (QED) is 0.684. The summed E-state index contributed by atoms with van der Waals surface area (Å²) in [6.07, 6.45) is 2.63. The molecule has 1 unspecified atom stereocenters. The van der Waals surface area contributed by atoms with Crippen molar-refractivity contribution in [3.05, 3.63) is 59.6 Å². The van der Waals surface area contributed by atoms with Gasteiger partial charge in [-0.3, -0.25) is 9.78 Å². The standard InChI is InChI=1S/C17H15F2N3O2/c1-2-16(23)14-5-9(3-4-20-14)17(24)22-15-8-21-13-7-12(19)11(18)6-10(13)15/h3-8,16,21,23H,2H2,1H3,(H,22,24). The molecule has 3 aromatic rings. The fraction of sp³-hybridized carbons (Fsp3) is 0.176. The summed E-state index contributed by atoms with van der Waals surface area (Å²) in [7, 11) is 0. The van der Waals surface area contributed by atoms with Crippen molar-refractivity contribution in [2.24, 2.45) is 0 Å². The highest BCUT2D eigenvalue weighted by atomic mass is 19.2. The second-order valence-electron chi connectivity index (χ2n) is 5.36. The molecule has 0 aliphatic carbocycles. The van der Waals surface area contributed by atoms with Crippen molar-refractivity contribution in [3.63, 3.8) is 0 Å². The van der Waals surface area contributed by atoms with Gasteiger partial charge in [-0.05, 0) is 24.6 Å². The maximum atomic E-state index is 13.4. The van der Waals surface area contributed by atoms with Gasteiger partial charge >= 0.3 is 0 Å². The van der Waals surface area contributed by atoms with E-state index in [-0.39, 0.29) is 0 Å². The summed E-state index contributed by atoms with van der Waals surface area (Å²) in [6.45, 7) is 1.80. The van der Waals surface area contributed by atoms with Gasteiger partial charge in [-0.1, -0.05) is 6.92 Å². The van der Waals surface area contributed by atoms with Gasteiger partial charge in [0.2, 0.25) is 0 Å². The number of aromatic amines is 1. The number of nitrogens with one attached hydrogen (secondary N) is 2. The lowest BCUT2D eigenvalue weighted by atomic mass is 10.1. The van der Waals surface area contributed by atoms with Crippen LogP contribution in [-0.4, -0.2) is 21.0 Å². The number of anilines is 1. The number of hydrogen-bond acceptors (Lipinski definition) is 3. The Morgan fingerprint density at radius 1 is 1.33 bits per heavy atom. The van der Waals surface area contributed by atoms with Crippen molar-refractivity contribution in [1.82, 2.24) is 9.97 Å². The number of aromatic nitrogens is 2. The summed E-state index contributed by atoms with van der Waals surface area (Å²) >= 11 is 0. The second kappa shape index (κ2) is 6.37. The molecule has 0 saturated heterocycles. The van der Waals surface area contributed by atoms with Crippen LogP contribution in [0.5, 0.6) is 0 Å². The Balaban J connectivity index is 1.89. The van der Waals surface area contributed by atoms with Gasteiger partial charge in [-0.2, -0.15) is 0 Å². The van der Waals surface area contributed by atoms with Crippen LogP contribution in [0.2, 0.25) is 0 Å². The van der Waals surface area contributed by atoms with E-state index >= 15 is 0 Å². The molecular weight excluding hydrogens is 316 g/mol. The molecule has 0 spiro atoms. The highest BCUT2D eigenvalue weighted by molar-refractivity contribution is 6.09. The minimum absolute atomic E-state index is 0.310. The first-order valence-corrected chi connectivity index (χ1v) is 7.41. The second-order valence-corrected chi connectivity index (χ2v) is 5.36. The van der Waals surface area contributed by atoms with Crippen LogP contribution in [-0.2, 0) is 0 Å². The molecule has 2 aromatic heterocycles. The van der Waals surface area contributed by atoms with Crippen molar-refractivity contribution < 1.29 is 18.7 Å². The highest BCUT2D eigenvalue weighted by Crippen LogP contribution is 2.26. The van der Waals surface area contributed by atoms with E-state index in [4.69, 9.17) is 0 Å². The Bertz CT molecular complexity index is 908. The number of carbonyl (C=O) groups is 1. The third-order valence-electron chi connectivity index (χ3n) is 3.74. The zero-order chi connectivity index (χ0) is 17.3. The van der Waals surface area contributed by atoms with E-state index in [0.29, 0.717) is 34.3 Å². The number of rotatable bonds is 4. The number of nitrogens with zero attached hydrogens (tertiary/aromatic N) is 1. The van der Waals surface area contributed by atoms with E-state index in [0.717, 1.165) is 12.1 Å². The average Bonchev–Trinajstić information content (AvgIpc) is 2.96. The number of halogens is 2. The lowest BCUT2D eigenvalue weighted by Gasteiger charge is -2.09. The van der Waals surface area contributed by atoms with E-state index < -0.39 is 23.6 Å². The van der Waals surface area contributed by atoms with Gasteiger partial charge in [0.1, 0.15) is 0 Å². The van der Waals surface area contributed by atoms with E-state index in [1.165, 1.54) is 24.5 Å². The fourth-order valence-corrected chi connectivity index (χ4v) is 2.40. The molecule has 0 aliphatic heterocycles. The van der Waals surface area contributed by atoms with Crippen LogP contribution in [0.1, 0.15) is 35.5 Å². The number of carbonyl (C=O) groups excluding carboxylic acids is 1. The minimum Gasteiger partial charge on any atom is -0.387 e. The molecule has 3 rings (SSSR count). The molecule has 24 heavy (non-hydrogen) atoms. The van der Waals surface area contributed by atoms with Crippen molar-refractivity contribution in [2.75, 3.05) is 5.32 Å². The third kappa shape index (κ3) is 2.98. The van der Waals surface area contributed by atoms with Crippen LogP contribution in [0.15, 0.2) is 36.7 Å². The predicted octanol–water partition coefficient (Wildman–Crippen LogP) is 3.54. The molecule has 1 atom stereocenters. The highest BCUT2D eigenvalue weighted by Gasteiger charge is 2.14. The number of pyridine rings is 1.